The van der Waals surface area contributed by atoms with E-state index in [4.69, 9.17) is 0 Å². The zero-order valence-corrected chi connectivity index (χ0v) is 11.9. The Morgan fingerprint density at radius 1 is 1.00 bits per heavy atom. The van der Waals surface area contributed by atoms with Gasteiger partial charge in [0.25, 0.3) is 0 Å². The molecule has 1 aliphatic heterocycles. The first kappa shape index (κ1) is 12.9. The van der Waals surface area contributed by atoms with Crippen molar-refractivity contribution in [3.8, 4) is 0 Å². The van der Waals surface area contributed by atoms with Crippen LogP contribution in [0.3, 0.4) is 0 Å². The molecule has 0 radical (unpaired) electrons. The highest BCUT2D eigenvalue weighted by Gasteiger charge is 2.11. The number of aliphatic imine (C=N–C) groups is 1. The minimum Gasteiger partial charge on any atom is -0.372 e. The molecule has 2 heteroatoms. The van der Waals surface area contributed by atoms with Crippen LogP contribution in [-0.4, -0.2) is 19.3 Å². The molecular weight excluding hydrogens is 244 g/mol. The third-order valence-electron chi connectivity index (χ3n) is 3.73. The fourth-order valence-electron chi connectivity index (χ4n) is 2.60. The van der Waals surface area contributed by atoms with Crippen LogP contribution in [0.4, 0.5) is 11.4 Å². The first-order valence-electron chi connectivity index (χ1n) is 7.27. The van der Waals surface area contributed by atoms with Gasteiger partial charge in [-0.3, -0.25) is 4.99 Å². The van der Waals surface area contributed by atoms with Crippen LogP contribution < -0.4 is 4.90 Å². The summed E-state index contributed by atoms with van der Waals surface area (Å²) in [5, 5.41) is 0. The molecule has 0 spiro atoms. The van der Waals surface area contributed by atoms with Gasteiger partial charge in [0.15, 0.2) is 0 Å². The molecule has 20 heavy (non-hydrogen) atoms. The maximum Gasteiger partial charge on any atom is 0.0632 e. The van der Waals surface area contributed by atoms with E-state index in [0.717, 1.165) is 11.3 Å². The number of benzene rings is 2. The van der Waals surface area contributed by atoms with Gasteiger partial charge in [0, 0.05) is 25.0 Å². The van der Waals surface area contributed by atoms with Gasteiger partial charge in [0.2, 0.25) is 0 Å². The molecule has 0 atom stereocenters. The van der Waals surface area contributed by atoms with Crippen molar-refractivity contribution in [1.29, 1.82) is 0 Å². The van der Waals surface area contributed by atoms with E-state index in [1.165, 1.54) is 37.2 Å². The largest absolute Gasteiger partial charge is 0.372 e. The molecule has 0 N–H and O–H groups in total. The molecule has 2 aromatic carbocycles. The van der Waals surface area contributed by atoms with E-state index >= 15 is 0 Å². The second kappa shape index (κ2) is 5.91. The Bertz CT molecular complexity index is 593. The van der Waals surface area contributed by atoms with Gasteiger partial charge in [-0.1, -0.05) is 24.3 Å². The zero-order chi connectivity index (χ0) is 13.8. The monoisotopic (exact) mass is 264 g/mol. The second-order valence-electron chi connectivity index (χ2n) is 5.38. The lowest BCUT2D eigenvalue weighted by Crippen LogP contribution is -2.17. The highest BCUT2D eigenvalue weighted by Crippen LogP contribution is 2.20. The number of nitrogens with zero attached hydrogens (tertiary/aromatic N) is 2. The third-order valence-corrected chi connectivity index (χ3v) is 3.73. The molecule has 3 rings (SSSR count). The van der Waals surface area contributed by atoms with Crippen molar-refractivity contribution in [3.05, 3.63) is 59.7 Å². The lowest BCUT2D eigenvalue weighted by molar-refractivity contribution is 0.949. The number of anilines is 1. The molecule has 2 aromatic rings. The molecule has 102 valence electrons. The number of aryl methyl sites for hydroxylation is 1. The van der Waals surface area contributed by atoms with Gasteiger partial charge in [0.05, 0.1) is 5.69 Å². The average Bonchev–Trinajstić information content (AvgIpc) is 3.00. The fraction of sp³-hybridized carbons (Fsp3) is 0.278. The summed E-state index contributed by atoms with van der Waals surface area (Å²) in [5.74, 6) is 0. The fourth-order valence-corrected chi connectivity index (χ4v) is 2.60. The summed E-state index contributed by atoms with van der Waals surface area (Å²) in [6.45, 7) is 4.47. The van der Waals surface area contributed by atoms with Gasteiger partial charge >= 0.3 is 0 Å². The lowest BCUT2D eigenvalue weighted by atomic mass is 10.2. The van der Waals surface area contributed by atoms with Crippen LogP contribution in [0.5, 0.6) is 0 Å². The third kappa shape index (κ3) is 3.08. The van der Waals surface area contributed by atoms with Crippen molar-refractivity contribution in [3.63, 3.8) is 0 Å². The normalized spacial score (nSPS) is 15.2. The van der Waals surface area contributed by atoms with Gasteiger partial charge in [-0.25, -0.2) is 0 Å². The Balaban J connectivity index is 1.71. The van der Waals surface area contributed by atoms with E-state index < -0.39 is 0 Å². The highest BCUT2D eigenvalue weighted by molar-refractivity contribution is 5.82. The summed E-state index contributed by atoms with van der Waals surface area (Å²) >= 11 is 0. The van der Waals surface area contributed by atoms with Crippen molar-refractivity contribution in [2.75, 3.05) is 18.0 Å². The van der Waals surface area contributed by atoms with E-state index in [0.29, 0.717) is 0 Å². The molecule has 1 fully saturated rings. The second-order valence-corrected chi connectivity index (χ2v) is 5.38. The minimum atomic E-state index is 1.01. The summed E-state index contributed by atoms with van der Waals surface area (Å²) in [6.07, 6.45) is 4.57. The predicted molar refractivity (Wildman–Crippen MR) is 86.3 cm³/mol. The van der Waals surface area contributed by atoms with Crippen LogP contribution in [0.1, 0.15) is 24.0 Å². The molecule has 0 aliphatic carbocycles. The Morgan fingerprint density at radius 3 is 2.45 bits per heavy atom. The highest BCUT2D eigenvalue weighted by atomic mass is 15.1. The molecular formula is C18H20N2. The summed E-state index contributed by atoms with van der Waals surface area (Å²) in [7, 11) is 0. The van der Waals surface area contributed by atoms with Crippen LogP contribution >= 0.6 is 0 Å². The van der Waals surface area contributed by atoms with E-state index in [1.54, 1.807) is 0 Å². The molecule has 0 aromatic heterocycles. The summed E-state index contributed by atoms with van der Waals surface area (Å²) in [6, 6.07) is 16.9. The molecule has 1 aliphatic rings. The lowest BCUT2D eigenvalue weighted by Gasteiger charge is -2.17. The summed E-state index contributed by atoms with van der Waals surface area (Å²) < 4.78 is 0. The Labute approximate surface area is 120 Å². The predicted octanol–water partition coefficient (Wildman–Crippen LogP) is 4.35. The Kier molecular flexibility index (Phi) is 3.82. The first-order chi connectivity index (χ1) is 9.81. The maximum atomic E-state index is 4.53. The Hall–Kier alpha value is -2.09. The van der Waals surface area contributed by atoms with E-state index in [2.05, 4.69) is 53.2 Å². The van der Waals surface area contributed by atoms with Crippen molar-refractivity contribution < 1.29 is 0 Å². The quantitative estimate of drug-likeness (QED) is 0.753. The first-order valence-corrected chi connectivity index (χ1v) is 7.27. The van der Waals surface area contributed by atoms with Crippen LogP contribution in [-0.2, 0) is 0 Å². The topological polar surface area (TPSA) is 15.6 Å². The van der Waals surface area contributed by atoms with Crippen LogP contribution in [0.25, 0.3) is 0 Å². The van der Waals surface area contributed by atoms with Gasteiger partial charge in [0.1, 0.15) is 0 Å². The molecule has 1 saturated heterocycles. The number of hydrogen-bond acceptors (Lipinski definition) is 2. The van der Waals surface area contributed by atoms with Crippen molar-refractivity contribution in [2.24, 2.45) is 4.99 Å². The molecule has 1 heterocycles. The number of rotatable bonds is 3. The van der Waals surface area contributed by atoms with E-state index in [1.807, 2.05) is 18.3 Å². The van der Waals surface area contributed by atoms with E-state index in [9.17, 15) is 0 Å². The number of hydrogen-bond donors (Lipinski definition) is 0. The van der Waals surface area contributed by atoms with Crippen LogP contribution in [0.15, 0.2) is 53.5 Å². The van der Waals surface area contributed by atoms with Crippen LogP contribution in [0.2, 0.25) is 0 Å². The smallest absolute Gasteiger partial charge is 0.0632 e. The van der Waals surface area contributed by atoms with Gasteiger partial charge < -0.3 is 4.90 Å². The van der Waals surface area contributed by atoms with Crippen LogP contribution in [0, 0.1) is 6.92 Å². The SMILES string of the molecule is Cc1cccc(N=Cc2ccc(N3CCCC3)cc2)c1. The van der Waals surface area contributed by atoms with Gasteiger partial charge in [-0.15, -0.1) is 0 Å². The molecule has 0 unspecified atom stereocenters. The van der Waals surface area contributed by atoms with E-state index in [-0.39, 0.29) is 0 Å². The molecule has 0 amide bonds. The molecule has 0 bridgehead atoms. The van der Waals surface area contributed by atoms with Crippen molar-refractivity contribution in [2.45, 2.75) is 19.8 Å². The van der Waals surface area contributed by atoms with Gasteiger partial charge in [-0.2, -0.15) is 0 Å². The average molecular weight is 264 g/mol. The van der Waals surface area contributed by atoms with Crippen molar-refractivity contribution >= 4 is 17.6 Å². The zero-order valence-electron chi connectivity index (χ0n) is 11.9. The maximum absolute atomic E-state index is 4.53. The summed E-state index contributed by atoms with van der Waals surface area (Å²) in [4.78, 5) is 6.97. The molecule has 0 saturated carbocycles. The van der Waals surface area contributed by atoms with Crippen molar-refractivity contribution in [1.82, 2.24) is 0 Å². The standard InChI is InChI=1S/C18H20N2/c1-15-5-4-6-17(13-15)19-14-16-7-9-18(10-8-16)20-11-2-3-12-20/h4-10,13-14H,2-3,11-12H2,1H3. The molecule has 2 nitrogen and oxygen atoms in total. The van der Waals surface area contributed by atoms with Gasteiger partial charge in [-0.05, 0) is 55.2 Å². The minimum absolute atomic E-state index is 1.01. The Morgan fingerprint density at radius 2 is 1.75 bits per heavy atom. The summed E-state index contributed by atoms with van der Waals surface area (Å²) in [5.41, 5.74) is 4.72.